The van der Waals surface area contributed by atoms with Crippen molar-refractivity contribution in [1.29, 1.82) is 0 Å². The molecule has 0 radical (unpaired) electrons. The molecule has 11 heavy (non-hydrogen) atoms. The molecule has 1 unspecified atom stereocenters. The molecular formula is C9H16O2. The molecule has 0 saturated heterocycles. The number of allylic oxidation sites excluding steroid dienone is 1. The number of aliphatic hydroxyl groups is 1. The third-order valence-electron chi connectivity index (χ3n) is 1.42. The first-order valence-electron chi connectivity index (χ1n) is 3.74. The van der Waals surface area contributed by atoms with Crippen molar-refractivity contribution in [2.75, 3.05) is 0 Å². The SMILES string of the molecule is C/C=C/C(=O)C(O)C(C)(C)C. The van der Waals surface area contributed by atoms with Crippen LogP contribution in [0.4, 0.5) is 0 Å². The van der Waals surface area contributed by atoms with Gasteiger partial charge >= 0.3 is 0 Å². The molecule has 0 aliphatic heterocycles. The van der Waals surface area contributed by atoms with Crippen LogP contribution in [0.15, 0.2) is 12.2 Å². The van der Waals surface area contributed by atoms with E-state index in [1.807, 2.05) is 20.8 Å². The van der Waals surface area contributed by atoms with Gasteiger partial charge in [0.15, 0.2) is 5.78 Å². The Labute approximate surface area is 67.9 Å². The topological polar surface area (TPSA) is 37.3 Å². The van der Waals surface area contributed by atoms with E-state index in [0.29, 0.717) is 0 Å². The summed E-state index contributed by atoms with van der Waals surface area (Å²) < 4.78 is 0. The highest BCUT2D eigenvalue weighted by molar-refractivity contribution is 5.93. The van der Waals surface area contributed by atoms with Gasteiger partial charge in [-0.2, -0.15) is 0 Å². The van der Waals surface area contributed by atoms with Crippen molar-refractivity contribution in [3.05, 3.63) is 12.2 Å². The first-order valence-corrected chi connectivity index (χ1v) is 3.74. The summed E-state index contributed by atoms with van der Waals surface area (Å²) in [7, 11) is 0. The van der Waals surface area contributed by atoms with Gasteiger partial charge in [0.05, 0.1) is 0 Å². The van der Waals surface area contributed by atoms with E-state index in [2.05, 4.69) is 0 Å². The van der Waals surface area contributed by atoms with Gasteiger partial charge in [0, 0.05) is 0 Å². The molecule has 0 aromatic heterocycles. The molecule has 0 bridgehead atoms. The normalized spacial score (nSPS) is 15.4. The van der Waals surface area contributed by atoms with Crippen molar-refractivity contribution in [2.24, 2.45) is 5.41 Å². The van der Waals surface area contributed by atoms with E-state index in [1.54, 1.807) is 13.0 Å². The van der Waals surface area contributed by atoms with E-state index in [9.17, 15) is 9.90 Å². The minimum Gasteiger partial charge on any atom is -0.384 e. The molecule has 64 valence electrons. The molecule has 2 nitrogen and oxygen atoms in total. The Morgan fingerprint density at radius 1 is 1.45 bits per heavy atom. The second kappa shape index (κ2) is 3.67. The van der Waals surface area contributed by atoms with Crippen LogP contribution < -0.4 is 0 Å². The van der Waals surface area contributed by atoms with Crippen LogP contribution in [0.25, 0.3) is 0 Å². The molecule has 0 saturated carbocycles. The summed E-state index contributed by atoms with van der Waals surface area (Å²) in [6, 6.07) is 0. The molecule has 1 atom stereocenters. The zero-order valence-electron chi connectivity index (χ0n) is 7.59. The fourth-order valence-electron chi connectivity index (χ4n) is 0.682. The molecule has 0 rings (SSSR count). The summed E-state index contributed by atoms with van der Waals surface area (Å²) in [5.41, 5.74) is -0.364. The van der Waals surface area contributed by atoms with Crippen LogP contribution in [0.2, 0.25) is 0 Å². The number of hydrogen-bond acceptors (Lipinski definition) is 2. The van der Waals surface area contributed by atoms with Gasteiger partial charge in [0.25, 0.3) is 0 Å². The number of aliphatic hydroxyl groups excluding tert-OH is 1. The Bertz CT molecular complexity index is 163. The summed E-state index contributed by atoms with van der Waals surface area (Å²) in [5, 5.41) is 9.38. The number of rotatable bonds is 2. The molecule has 0 spiro atoms. The van der Waals surface area contributed by atoms with E-state index >= 15 is 0 Å². The van der Waals surface area contributed by atoms with Gasteiger partial charge in [-0.25, -0.2) is 0 Å². The van der Waals surface area contributed by atoms with Crippen LogP contribution in [0.5, 0.6) is 0 Å². The number of carbonyl (C=O) groups excluding carboxylic acids is 1. The lowest BCUT2D eigenvalue weighted by molar-refractivity contribution is -0.127. The second-order valence-electron chi connectivity index (χ2n) is 3.67. The molecule has 1 N–H and O–H groups in total. The van der Waals surface area contributed by atoms with Gasteiger partial charge in [-0.1, -0.05) is 26.8 Å². The predicted molar refractivity (Wildman–Crippen MR) is 45.3 cm³/mol. The third kappa shape index (κ3) is 3.33. The van der Waals surface area contributed by atoms with Crippen LogP contribution in [0, 0.1) is 5.41 Å². The predicted octanol–water partition coefficient (Wildman–Crippen LogP) is 1.54. The maximum absolute atomic E-state index is 11.1. The van der Waals surface area contributed by atoms with E-state index < -0.39 is 6.10 Å². The largest absolute Gasteiger partial charge is 0.384 e. The molecule has 2 heteroatoms. The number of ketones is 1. The average molecular weight is 156 g/mol. The summed E-state index contributed by atoms with van der Waals surface area (Å²) >= 11 is 0. The van der Waals surface area contributed by atoms with Crippen LogP contribution in [-0.4, -0.2) is 17.0 Å². The third-order valence-corrected chi connectivity index (χ3v) is 1.42. The zero-order chi connectivity index (χ0) is 9.07. The van der Waals surface area contributed by atoms with Crippen molar-refractivity contribution in [2.45, 2.75) is 33.8 Å². The van der Waals surface area contributed by atoms with Crippen molar-refractivity contribution in [3.8, 4) is 0 Å². The van der Waals surface area contributed by atoms with Crippen LogP contribution in [-0.2, 0) is 4.79 Å². The smallest absolute Gasteiger partial charge is 0.184 e. The summed E-state index contributed by atoms with van der Waals surface area (Å²) in [4.78, 5) is 11.1. The van der Waals surface area contributed by atoms with E-state index in [0.717, 1.165) is 0 Å². The highest BCUT2D eigenvalue weighted by atomic mass is 16.3. The molecular weight excluding hydrogens is 140 g/mol. The van der Waals surface area contributed by atoms with Gasteiger partial charge in [-0.3, -0.25) is 4.79 Å². The molecule has 0 aromatic carbocycles. The summed E-state index contributed by atoms with van der Waals surface area (Å²) in [5.74, 6) is -0.222. The van der Waals surface area contributed by atoms with Crippen molar-refractivity contribution in [3.63, 3.8) is 0 Å². The zero-order valence-corrected chi connectivity index (χ0v) is 7.59. The van der Waals surface area contributed by atoms with Crippen molar-refractivity contribution in [1.82, 2.24) is 0 Å². The van der Waals surface area contributed by atoms with Crippen molar-refractivity contribution < 1.29 is 9.90 Å². The highest BCUT2D eigenvalue weighted by Crippen LogP contribution is 2.19. The molecule has 0 amide bonds. The van der Waals surface area contributed by atoms with Crippen LogP contribution in [0.1, 0.15) is 27.7 Å². The molecule has 0 heterocycles. The van der Waals surface area contributed by atoms with Gasteiger partial charge in [0.2, 0.25) is 0 Å². The van der Waals surface area contributed by atoms with Gasteiger partial charge in [-0.15, -0.1) is 0 Å². The Kier molecular flexibility index (Phi) is 3.46. The lowest BCUT2D eigenvalue weighted by Gasteiger charge is -2.23. The summed E-state index contributed by atoms with van der Waals surface area (Å²) in [6.07, 6.45) is 2.14. The first kappa shape index (κ1) is 10.4. The van der Waals surface area contributed by atoms with E-state index in [-0.39, 0.29) is 11.2 Å². The Hall–Kier alpha value is -0.630. The monoisotopic (exact) mass is 156 g/mol. The summed E-state index contributed by atoms with van der Waals surface area (Å²) in [6.45, 7) is 7.25. The Morgan fingerprint density at radius 3 is 2.18 bits per heavy atom. The molecule has 0 aliphatic carbocycles. The van der Waals surface area contributed by atoms with Crippen LogP contribution >= 0.6 is 0 Å². The standard InChI is InChI=1S/C9H16O2/c1-5-6-7(10)8(11)9(2,3)4/h5-6,8,11H,1-4H3/b6-5+. The number of hydrogen-bond donors (Lipinski definition) is 1. The van der Waals surface area contributed by atoms with Gasteiger partial charge < -0.3 is 5.11 Å². The van der Waals surface area contributed by atoms with E-state index in [1.165, 1.54) is 6.08 Å². The number of carbonyl (C=O) groups is 1. The average Bonchev–Trinajstić information content (AvgIpc) is 1.85. The highest BCUT2D eigenvalue weighted by Gasteiger charge is 2.26. The van der Waals surface area contributed by atoms with Gasteiger partial charge in [-0.05, 0) is 18.4 Å². The van der Waals surface area contributed by atoms with Gasteiger partial charge in [0.1, 0.15) is 6.10 Å². The minimum absolute atomic E-state index is 0.222. The lowest BCUT2D eigenvalue weighted by atomic mass is 9.86. The maximum atomic E-state index is 11.1. The fourth-order valence-corrected chi connectivity index (χ4v) is 0.682. The quantitative estimate of drug-likeness (QED) is 0.616. The van der Waals surface area contributed by atoms with Crippen molar-refractivity contribution >= 4 is 5.78 Å². The molecule has 0 fully saturated rings. The Morgan fingerprint density at radius 2 is 1.91 bits per heavy atom. The minimum atomic E-state index is -0.890. The Balaban J connectivity index is 4.26. The fraction of sp³-hybridized carbons (Fsp3) is 0.667. The maximum Gasteiger partial charge on any atom is 0.184 e. The first-order chi connectivity index (χ1) is 4.89. The molecule has 0 aromatic rings. The van der Waals surface area contributed by atoms with Crippen LogP contribution in [0.3, 0.4) is 0 Å². The second-order valence-corrected chi connectivity index (χ2v) is 3.67. The molecule has 0 aliphatic rings. The lowest BCUT2D eigenvalue weighted by Crippen LogP contribution is -2.32. The van der Waals surface area contributed by atoms with E-state index in [4.69, 9.17) is 0 Å².